The van der Waals surface area contributed by atoms with Crippen LogP contribution in [-0.4, -0.2) is 28.6 Å². The number of aliphatic hydroxyl groups excluding tert-OH is 1. The third-order valence-corrected chi connectivity index (χ3v) is 5.35. The lowest BCUT2D eigenvalue weighted by Gasteiger charge is -2.08. The van der Waals surface area contributed by atoms with Crippen LogP contribution >= 0.6 is 11.6 Å². The van der Waals surface area contributed by atoms with Gasteiger partial charge in [0.1, 0.15) is 11.8 Å². The minimum Gasteiger partial charge on any atom is -0.381 e. The first-order valence-electron chi connectivity index (χ1n) is 7.07. The Morgan fingerprint density at radius 1 is 1.25 bits per heavy atom. The van der Waals surface area contributed by atoms with Crippen molar-refractivity contribution in [3.05, 3.63) is 59.4 Å². The molecule has 0 amide bonds. The van der Waals surface area contributed by atoms with Gasteiger partial charge in [0.25, 0.3) is 10.0 Å². The van der Waals surface area contributed by atoms with E-state index < -0.39 is 16.1 Å². The zero-order valence-electron chi connectivity index (χ0n) is 12.6. The van der Waals surface area contributed by atoms with Gasteiger partial charge >= 0.3 is 0 Å². The van der Waals surface area contributed by atoms with Crippen LogP contribution in [-0.2, 0) is 10.0 Å². The maximum Gasteiger partial charge on any atom is 0.270 e. The molecule has 0 saturated carbocycles. The Morgan fingerprint density at radius 3 is 2.62 bits per heavy atom. The number of nitrogens with zero attached hydrogens (tertiary/aromatic N) is 2. The highest BCUT2D eigenvalue weighted by Crippen LogP contribution is 2.28. The van der Waals surface area contributed by atoms with E-state index in [1.54, 1.807) is 30.3 Å². The molecule has 0 saturated heterocycles. The van der Waals surface area contributed by atoms with Crippen molar-refractivity contribution < 1.29 is 13.5 Å². The Hall–Kier alpha value is -2.33. The van der Waals surface area contributed by atoms with Gasteiger partial charge in [-0.25, -0.2) is 17.4 Å². The molecule has 0 bridgehead atoms. The van der Waals surface area contributed by atoms with E-state index in [0.29, 0.717) is 10.4 Å². The maximum absolute atomic E-state index is 13.0. The summed E-state index contributed by atoms with van der Waals surface area (Å²) in [5.74, 6) is 5.25. The number of benzene rings is 1. The predicted octanol–water partition coefficient (Wildman–Crippen LogP) is 2.66. The highest BCUT2D eigenvalue weighted by atomic mass is 35.5. The molecule has 1 N–H and O–H groups in total. The van der Waals surface area contributed by atoms with Crippen LogP contribution in [0.4, 0.5) is 0 Å². The first-order chi connectivity index (χ1) is 11.4. The molecule has 0 radical (unpaired) electrons. The van der Waals surface area contributed by atoms with Gasteiger partial charge in [-0.15, -0.1) is 0 Å². The number of rotatable bonds is 2. The fourth-order valence-corrected chi connectivity index (χ4v) is 3.89. The molecule has 1 aromatic carbocycles. The number of hydrogen-bond donors (Lipinski definition) is 1. The van der Waals surface area contributed by atoms with Crippen LogP contribution in [0.1, 0.15) is 12.6 Å². The molecule has 2 aromatic heterocycles. The SMILES string of the molecule is C[C@H](O)C#Cc1cc2c(Cl)ccnc2n1S(=O)(=O)c1ccccc1. The van der Waals surface area contributed by atoms with Crippen LogP contribution in [0.5, 0.6) is 0 Å². The molecule has 0 unspecified atom stereocenters. The summed E-state index contributed by atoms with van der Waals surface area (Å²) < 4.78 is 27.1. The van der Waals surface area contributed by atoms with Gasteiger partial charge in [0.05, 0.1) is 9.92 Å². The molecule has 1 atom stereocenters. The van der Waals surface area contributed by atoms with Gasteiger partial charge < -0.3 is 5.11 Å². The Bertz CT molecular complexity index is 1060. The van der Waals surface area contributed by atoms with Gasteiger partial charge in [-0.1, -0.05) is 35.7 Å². The van der Waals surface area contributed by atoms with E-state index >= 15 is 0 Å². The molecule has 3 aromatic rings. The van der Waals surface area contributed by atoms with Gasteiger partial charge in [-0.2, -0.15) is 0 Å². The van der Waals surface area contributed by atoms with E-state index in [9.17, 15) is 13.5 Å². The number of fused-ring (bicyclic) bond motifs is 1. The number of hydrogen-bond acceptors (Lipinski definition) is 4. The molecule has 0 fully saturated rings. The largest absolute Gasteiger partial charge is 0.381 e. The highest BCUT2D eigenvalue weighted by Gasteiger charge is 2.24. The van der Waals surface area contributed by atoms with Crippen LogP contribution in [0.25, 0.3) is 11.0 Å². The van der Waals surface area contributed by atoms with Crippen molar-refractivity contribution in [2.24, 2.45) is 0 Å². The fraction of sp³-hybridized carbons (Fsp3) is 0.118. The zero-order valence-corrected chi connectivity index (χ0v) is 14.2. The van der Waals surface area contributed by atoms with Crippen LogP contribution in [0.2, 0.25) is 5.02 Å². The average Bonchev–Trinajstić information content (AvgIpc) is 2.94. The molecule has 24 heavy (non-hydrogen) atoms. The second-order valence-corrected chi connectivity index (χ2v) is 7.28. The number of pyridine rings is 1. The first-order valence-corrected chi connectivity index (χ1v) is 8.89. The van der Waals surface area contributed by atoms with E-state index in [1.807, 2.05) is 0 Å². The number of aliphatic hydroxyl groups is 1. The molecular weight excluding hydrogens is 348 g/mol. The second kappa shape index (κ2) is 6.29. The summed E-state index contributed by atoms with van der Waals surface area (Å²) in [6, 6.07) is 11.1. The first kappa shape index (κ1) is 16.5. The molecule has 122 valence electrons. The Morgan fingerprint density at radius 2 is 1.96 bits per heavy atom. The van der Waals surface area contributed by atoms with E-state index in [2.05, 4.69) is 16.8 Å². The summed E-state index contributed by atoms with van der Waals surface area (Å²) in [6.45, 7) is 1.50. The van der Waals surface area contributed by atoms with Crippen molar-refractivity contribution in [3.8, 4) is 11.8 Å². The van der Waals surface area contributed by atoms with E-state index in [0.717, 1.165) is 3.97 Å². The van der Waals surface area contributed by atoms with Gasteiger partial charge in [-0.3, -0.25) is 0 Å². The monoisotopic (exact) mass is 360 g/mol. The van der Waals surface area contributed by atoms with Crippen molar-refractivity contribution in [3.63, 3.8) is 0 Å². The molecule has 0 aliphatic heterocycles. The number of aromatic nitrogens is 2. The topological polar surface area (TPSA) is 72.2 Å². The standard InChI is InChI=1S/C17H13ClN2O3S/c1-12(21)7-8-13-11-15-16(18)9-10-19-17(15)20(13)24(22,23)14-5-3-2-4-6-14/h2-6,9-12,21H,1H3/t12-/m0/s1. The molecule has 0 spiro atoms. The summed E-state index contributed by atoms with van der Waals surface area (Å²) in [5.41, 5.74) is 0.386. The van der Waals surface area contributed by atoms with Crippen LogP contribution in [0.15, 0.2) is 53.6 Å². The van der Waals surface area contributed by atoms with Gasteiger partial charge in [0.2, 0.25) is 0 Å². The molecular formula is C17H13ClN2O3S. The highest BCUT2D eigenvalue weighted by molar-refractivity contribution is 7.90. The smallest absolute Gasteiger partial charge is 0.270 e. The van der Waals surface area contributed by atoms with Crippen LogP contribution in [0.3, 0.4) is 0 Å². The predicted molar refractivity (Wildman–Crippen MR) is 92.3 cm³/mol. The molecule has 0 aliphatic rings. The quantitative estimate of drug-likeness (QED) is 0.713. The summed E-state index contributed by atoms with van der Waals surface area (Å²) >= 11 is 6.16. The maximum atomic E-state index is 13.0. The molecule has 3 rings (SSSR count). The summed E-state index contributed by atoms with van der Waals surface area (Å²) in [5, 5.41) is 10.2. The van der Waals surface area contributed by atoms with E-state index in [4.69, 9.17) is 11.6 Å². The summed E-state index contributed by atoms with van der Waals surface area (Å²) in [7, 11) is -3.91. The second-order valence-electron chi connectivity index (χ2n) is 5.09. The zero-order chi connectivity index (χ0) is 17.3. The molecule has 7 heteroatoms. The lowest BCUT2D eigenvalue weighted by molar-refractivity contribution is 0.253. The van der Waals surface area contributed by atoms with Crippen molar-refractivity contribution in [1.82, 2.24) is 8.96 Å². The van der Waals surface area contributed by atoms with Crippen LogP contribution < -0.4 is 0 Å². The van der Waals surface area contributed by atoms with E-state index in [-0.39, 0.29) is 16.2 Å². The van der Waals surface area contributed by atoms with Crippen molar-refractivity contribution in [2.75, 3.05) is 0 Å². The third kappa shape index (κ3) is 2.89. The summed E-state index contributed by atoms with van der Waals surface area (Å²) in [4.78, 5) is 4.27. The Kier molecular flexibility index (Phi) is 4.33. The van der Waals surface area contributed by atoms with E-state index in [1.165, 1.54) is 25.3 Å². The van der Waals surface area contributed by atoms with Gasteiger partial charge in [0, 0.05) is 11.6 Å². The fourth-order valence-electron chi connectivity index (χ4n) is 2.25. The average molecular weight is 361 g/mol. The number of halogens is 1. The third-order valence-electron chi connectivity index (χ3n) is 3.30. The van der Waals surface area contributed by atoms with Crippen molar-refractivity contribution in [2.45, 2.75) is 17.9 Å². The molecule has 5 nitrogen and oxygen atoms in total. The molecule has 0 aliphatic carbocycles. The molecule has 2 heterocycles. The van der Waals surface area contributed by atoms with Crippen molar-refractivity contribution >= 4 is 32.7 Å². The minimum absolute atomic E-state index is 0.115. The Balaban J connectivity index is 2.36. The normalized spacial score (nSPS) is 12.6. The lowest BCUT2D eigenvalue weighted by atomic mass is 10.3. The van der Waals surface area contributed by atoms with Gasteiger partial charge in [0.15, 0.2) is 5.65 Å². The Labute approximate surface area is 144 Å². The van der Waals surface area contributed by atoms with Crippen LogP contribution in [0, 0.1) is 11.8 Å². The summed E-state index contributed by atoms with van der Waals surface area (Å²) in [6.07, 6.45) is 0.549. The lowest BCUT2D eigenvalue weighted by Crippen LogP contribution is -2.15. The van der Waals surface area contributed by atoms with Gasteiger partial charge in [-0.05, 0) is 37.1 Å². The van der Waals surface area contributed by atoms with Crippen molar-refractivity contribution in [1.29, 1.82) is 0 Å². The minimum atomic E-state index is -3.91.